The number of anilines is 1. The van der Waals surface area contributed by atoms with Gasteiger partial charge in [-0.05, 0) is 25.5 Å². The molecule has 0 aliphatic rings. The van der Waals surface area contributed by atoms with Crippen molar-refractivity contribution >= 4 is 11.9 Å². The largest absolute Gasteiger partial charge is 0.259 e. The highest BCUT2D eigenvalue weighted by atomic mass is 15.4. The summed E-state index contributed by atoms with van der Waals surface area (Å²) < 4.78 is 0. The molecule has 0 radical (unpaired) electrons. The Morgan fingerprint density at radius 2 is 2.36 bits per heavy atom. The molecule has 0 atom stereocenters. The van der Waals surface area contributed by atoms with Crippen LogP contribution >= 0.6 is 0 Å². The zero-order chi connectivity index (χ0) is 10.4. The lowest BCUT2D eigenvalue weighted by molar-refractivity contribution is 1.01. The van der Waals surface area contributed by atoms with Gasteiger partial charge in [-0.25, -0.2) is 5.01 Å². The number of rotatable bonds is 4. The second-order valence-electron chi connectivity index (χ2n) is 2.76. The first-order valence-corrected chi connectivity index (χ1v) is 4.67. The van der Waals surface area contributed by atoms with Crippen LogP contribution in [0.15, 0.2) is 36.2 Å². The summed E-state index contributed by atoms with van der Waals surface area (Å²) in [6.45, 7) is 7.63. The maximum Gasteiger partial charge on any atom is 0.0828 e. The van der Waals surface area contributed by atoms with Gasteiger partial charge < -0.3 is 0 Å². The smallest absolute Gasteiger partial charge is 0.0828 e. The van der Waals surface area contributed by atoms with Crippen molar-refractivity contribution in [2.45, 2.75) is 20.3 Å². The van der Waals surface area contributed by atoms with Gasteiger partial charge in [-0.3, -0.25) is 4.98 Å². The van der Waals surface area contributed by atoms with Crippen molar-refractivity contribution in [3.8, 4) is 0 Å². The van der Waals surface area contributed by atoms with Gasteiger partial charge in [0.15, 0.2) is 0 Å². The number of hydrogen-bond acceptors (Lipinski definition) is 3. The Morgan fingerprint density at radius 3 is 2.79 bits per heavy atom. The molecule has 1 aromatic rings. The first-order chi connectivity index (χ1) is 6.81. The molecule has 0 aromatic carbocycles. The van der Waals surface area contributed by atoms with E-state index in [2.05, 4.69) is 23.6 Å². The zero-order valence-corrected chi connectivity index (χ0v) is 8.64. The van der Waals surface area contributed by atoms with E-state index in [9.17, 15) is 0 Å². The fourth-order valence-corrected chi connectivity index (χ4v) is 1.10. The minimum Gasteiger partial charge on any atom is -0.259 e. The van der Waals surface area contributed by atoms with Crippen molar-refractivity contribution in [3.05, 3.63) is 36.8 Å². The SMILES string of the molecule is C=CN(/N=C\C)c1ccc(CC)nc1. The fraction of sp³-hybridized carbons (Fsp3) is 0.273. The van der Waals surface area contributed by atoms with E-state index in [-0.39, 0.29) is 0 Å². The summed E-state index contributed by atoms with van der Waals surface area (Å²) in [6.07, 6.45) is 6.12. The van der Waals surface area contributed by atoms with Crippen molar-refractivity contribution in [2.24, 2.45) is 5.10 Å². The van der Waals surface area contributed by atoms with Crippen LogP contribution in [-0.2, 0) is 6.42 Å². The molecule has 3 heteroatoms. The van der Waals surface area contributed by atoms with Crippen molar-refractivity contribution in [3.63, 3.8) is 0 Å². The van der Waals surface area contributed by atoms with E-state index < -0.39 is 0 Å². The molecule has 0 fully saturated rings. The van der Waals surface area contributed by atoms with Gasteiger partial charge in [0, 0.05) is 18.1 Å². The minimum atomic E-state index is 0.926. The van der Waals surface area contributed by atoms with Gasteiger partial charge in [0.05, 0.1) is 11.9 Å². The first-order valence-electron chi connectivity index (χ1n) is 4.67. The predicted octanol–water partition coefficient (Wildman–Crippen LogP) is 2.60. The van der Waals surface area contributed by atoms with Crippen molar-refractivity contribution in [1.29, 1.82) is 0 Å². The Morgan fingerprint density at radius 1 is 1.57 bits per heavy atom. The fourth-order valence-electron chi connectivity index (χ4n) is 1.10. The van der Waals surface area contributed by atoms with Crippen LogP contribution in [0.25, 0.3) is 0 Å². The summed E-state index contributed by atoms with van der Waals surface area (Å²) in [5, 5.41) is 5.81. The Balaban J connectivity index is 2.88. The molecule has 1 heterocycles. The number of hydrazone groups is 1. The van der Waals surface area contributed by atoms with Crippen molar-refractivity contribution in [1.82, 2.24) is 4.98 Å². The van der Waals surface area contributed by atoms with Crippen LogP contribution < -0.4 is 5.01 Å². The third kappa shape index (κ3) is 2.42. The maximum atomic E-state index is 4.28. The molecule has 0 aliphatic carbocycles. The average molecular weight is 189 g/mol. The van der Waals surface area contributed by atoms with Gasteiger partial charge in [0.25, 0.3) is 0 Å². The van der Waals surface area contributed by atoms with Gasteiger partial charge in [-0.2, -0.15) is 5.10 Å². The topological polar surface area (TPSA) is 28.5 Å². The molecule has 0 saturated carbocycles. The average Bonchev–Trinajstić information content (AvgIpc) is 2.26. The van der Waals surface area contributed by atoms with E-state index in [0.29, 0.717) is 0 Å². The predicted molar refractivity (Wildman–Crippen MR) is 60.5 cm³/mol. The van der Waals surface area contributed by atoms with E-state index in [0.717, 1.165) is 17.8 Å². The van der Waals surface area contributed by atoms with Gasteiger partial charge >= 0.3 is 0 Å². The molecule has 0 spiro atoms. The number of pyridine rings is 1. The van der Waals surface area contributed by atoms with E-state index in [4.69, 9.17) is 0 Å². The van der Waals surface area contributed by atoms with Crippen LogP contribution in [0.5, 0.6) is 0 Å². The highest BCUT2D eigenvalue weighted by molar-refractivity contribution is 5.58. The highest BCUT2D eigenvalue weighted by Crippen LogP contribution is 2.13. The van der Waals surface area contributed by atoms with E-state index in [1.807, 2.05) is 19.1 Å². The third-order valence-electron chi connectivity index (χ3n) is 1.85. The highest BCUT2D eigenvalue weighted by Gasteiger charge is 1.99. The molecule has 1 aromatic heterocycles. The molecule has 74 valence electrons. The van der Waals surface area contributed by atoms with Crippen LogP contribution in [0.1, 0.15) is 19.5 Å². The lowest BCUT2D eigenvalue weighted by atomic mass is 10.3. The monoisotopic (exact) mass is 189 g/mol. The number of nitrogens with zero attached hydrogens (tertiary/aromatic N) is 3. The normalized spacial score (nSPS) is 10.4. The summed E-state index contributed by atoms with van der Waals surface area (Å²) in [5.74, 6) is 0. The van der Waals surface area contributed by atoms with Gasteiger partial charge in [0.1, 0.15) is 0 Å². The summed E-state index contributed by atoms with van der Waals surface area (Å²) in [5.41, 5.74) is 2.01. The molecule has 0 bridgehead atoms. The quantitative estimate of drug-likeness (QED) is 0.538. The Bertz CT molecular complexity index is 314. The third-order valence-corrected chi connectivity index (χ3v) is 1.85. The van der Waals surface area contributed by atoms with E-state index in [1.54, 1.807) is 23.6 Å². The van der Waals surface area contributed by atoms with Crippen LogP contribution in [0.4, 0.5) is 5.69 Å². The number of aromatic nitrogens is 1. The van der Waals surface area contributed by atoms with Gasteiger partial charge in [0.2, 0.25) is 0 Å². The molecule has 0 unspecified atom stereocenters. The molecule has 3 nitrogen and oxygen atoms in total. The Hall–Kier alpha value is -1.64. The maximum absolute atomic E-state index is 4.28. The second kappa shape index (κ2) is 5.17. The number of aryl methyl sites for hydroxylation is 1. The van der Waals surface area contributed by atoms with Crippen LogP contribution in [0.2, 0.25) is 0 Å². The molecular formula is C11H15N3. The molecule has 14 heavy (non-hydrogen) atoms. The standard InChI is InChI=1S/C11H15N3/c1-4-10-7-8-11(9-12-10)14(6-3)13-5-2/h5-9H,3-4H2,1-2H3/b13-5-. The van der Waals surface area contributed by atoms with Crippen molar-refractivity contribution in [2.75, 3.05) is 5.01 Å². The molecule has 0 aliphatic heterocycles. The van der Waals surface area contributed by atoms with Gasteiger partial charge in [-0.1, -0.05) is 13.5 Å². The van der Waals surface area contributed by atoms with Crippen molar-refractivity contribution < 1.29 is 0 Å². The lowest BCUT2D eigenvalue weighted by Crippen LogP contribution is -2.07. The zero-order valence-electron chi connectivity index (χ0n) is 8.64. The Labute approximate surface area is 84.8 Å². The van der Waals surface area contributed by atoms with E-state index in [1.165, 1.54) is 0 Å². The molecule has 0 N–H and O–H groups in total. The minimum absolute atomic E-state index is 0.926. The summed E-state index contributed by atoms with van der Waals surface area (Å²) >= 11 is 0. The van der Waals surface area contributed by atoms with E-state index >= 15 is 0 Å². The molecule has 0 amide bonds. The molecule has 0 saturated heterocycles. The second-order valence-corrected chi connectivity index (χ2v) is 2.76. The molecule has 1 rings (SSSR count). The summed E-state index contributed by atoms with van der Waals surface area (Å²) in [6, 6.07) is 3.98. The van der Waals surface area contributed by atoms with Crippen LogP contribution in [-0.4, -0.2) is 11.2 Å². The summed E-state index contributed by atoms with van der Waals surface area (Å²) in [4.78, 5) is 4.28. The van der Waals surface area contributed by atoms with Gasteiger partial charge in [-0.15, -0.1) is 0 Å². The first kappa shape index (κ1) is 10.4. The molecular weight excluding hydrogens is 174 g/mol. The lowest BCUT2D eigenvalue weighted by Gasteiger charge is -2.12. The van der Waals surface area contributed by atoms with Crippen LogP contribution in [0.3, 0.4) is 0 Å². The van der Waals surface area contributed by atoms with Crippen LogP contribution in [0, 0.1) is 0 Å². The summed E-state index contributed by atoms with van der Waals surface area (Å²) in [7, 11) is 0. The Kier molecular flexibility index (Phi) is 3.85. The number of hydrogen-bond donors (Lipinski definition) is 0.